The molecule has 0 spiro atoms. The minimum absolute atomic E-state index is 0.200. The van der Waals surface area contributed by atoms with Gasteiger partial charge in [-0.2, -0.15) is 0 Å². The smallest absolute Gasteiger partial charge is 0.0105 e. The van der Waals surface area contributed by atoms with E-state index in [1.807, 2.05) is 12.1 Å². The van der Waals surface area contributed by atoms with Crippen LogP contribution >= 0.6 is 0 Å². The van der Waals surface area contributed by atoms with E-state index in [0.717, 1.165) is 25.7 Å². The van der Waals surface area contributed by atoms with Gasteiger partial charge in [0, 0.05) is 12.1 Å². The van der Waals surface area contributed by atoms with Crippen LogP contribution in [0.25, 0.3) is 0 Å². The maximum atomic E-state index is 6.35. The van der Waals surface area contributed by atoms with Gasteiger partial charge in [0.15, 0.2) is 0 Å². The molecular weight excluding hydrogens is 268 g/mol. The van der Waals surface area contributed by atoms with Crippen LogP contribution < -0.4 is 11.5 Å². The number of nitrogens with two attached hydrogens (primary N) is 2. The van der Waals surface area contributed by atoms with Crippen molar-refractivity contribution in [2.75, 3.05) is 0 Å². The van der Waals surface area contributed by atoms with Crippen LogP contribution in [0.3, 0.4) is 0 Å². The Labute approximate surface area is 134 Å². The van der Waals surface area contributed by atoms with E-state index in [9.17, 15) is 0 Å². The third kappa shape index (κ3) is 5.63. The van der Waals surface area contributed by atoms with Crippen LogP contribution in [0.2, 0.25) is 0 Å². The van der Waals surface area contributed by atoms with Crippen LogP contribution in [-0.4, -0.2) is 12.1 Å². The first-order valence-corrected chi connectivity index (χ1v) is 8.24. The minimum Gasteiger partial charge on any atom is -0.327 e. The Morgan fingerprint density at radius 1 is 0.727 bits per heavy atom. The molecule has 0 aliphatic rings. The normalized spacial score (nSPS) is 15.2. The predicted molar refractivity (Wildman–Crippen MR) is 94.6 cm³/mol. The van der Waals surface area contributed by atoms with Crippen molar-refractivity contribution in [3.05, 3.63) is 71.8 Å². The summed E-state index contributed by atoms with van der Waals surface area (Å²) in [5.74, 6) is 0.488. The first kappa shape index (κ1) is 16.7. The molecule has 0 amide bonds. The topological polar surface area (TPSA) is 52.0 Å². The Balaban J connectivity index is 1.73. The van der Waals surface area contributed by atoms with E-state index < -0.39 is 0 Å². The van der Waals surface area contributed by atoms with Crippen molar-refractivity contribution in [2.24, 2.45) is 17.4 Å². The fourth-order valence-corrected chi connectivity index (χ4v) is 2.80. The molecule has 2 rings (SSSR count). The lowest BCUT2D eigenvalue weighted by Gasteiger charge is -2.22. The van der Waals surface area contributed by atoms with Crippen LogP contribution in [0.5, 0.6) is 0 Å². The summed E-state index contributed by atoms with van der Waals surface area (Å²) in [5.41, 5.74) is 15.2. The fourth-order valence-electron chi connectivity index (χ4n) is 2.80. The van der Waals surface area contributed by atoms with Gasteiger partial charge < -0.3 is 11.5 Å². The second-order valence-electron chi connectivity index (χ2n) is 6.36. The van der Waals surface area contributed by atoms with Gasteiger partial charge >= 0.3 is 0 Å². The second-order valence-corrected chi connectivity index (χ2v) is 6.36. The molecule has 3 unspecified atom stereocenters. The Kier molecular flexibility index (Phi) is 6.63. The Morgan fingerprint density at radius 2 is 1.23 bits per heavy atom. The van der Waals surface area contributed by atoms with Gasteiger partial charge in [-0.05, 0) is 42.7 Å². The summed E-state index contributed by atoms with van der Waals surface area (Å²) in [6.07, 6.45) is 4.00. The molecule has 0 aliphatic carbocycles. The third-order valence-corrected chi connectivity index (χ3v) is 4.38. The molecule has 0 saturated heterocycles. The largest absolute Gasteiger partial charge is 0.327 e. The van der Waals surface area contributed by atoms with E-state index in [2.05, 4.69) is 55.5 Å². The highest BCUT2D eigenvalue weighted by atomic mass is 14.7. The van der Waals surface area contributed by atoms with Crippen molar-refractivity contribution in [2.45, 2.75) is 44.7 Å². The number of hydrogen-bond donors (Lipinski definition) is 2. The monoisotopic (exact) mass is 296 g/mol. The summed E-state index contributed by atoms with van der Waals surface area (Å²) in [4.78, 5) is 0. The van der Waals surface area contributed by atoms with Gasteiger partial charge in [0.25, 0.3) is 0 Å². The lowest BCUT2D eigenvalue weighted by atomic mass is 9.90. The van der Waals surface area contributed by atoms with Crippen LogP contribution in [0.1, 0.15) is 30.9 Å². The maximum Gasteiger partial charge on any atom is 0.0105 e. The van der Waals surface area contributed by atoms with Gasteiger partial charge in [-0.3, -0.25) is 0 Å². The molecule has 22 heavy (non-hydrogen) atoms. The SMILES string of the molecule is CC(CCC(N)Cc1ccccc1)C(N)Cc1ccccc1. The summed E-state index contributed by atoms with van der Waals surface area (Å²) in [5, 5.41) is 0. The van der Waals surface area contributed by atoms with E-state index in [1.54, 1.807) is 0 Å². The number of rotatable bonds is 8. The summed E-state index contributed by atoms with van der Waals surface area (Å²) in [6.45, 7) is 2.24. The quantitative estimate of drug-likeness (QED) is 0.783. The molecule has 0 aliphatic heterocycles. The molecule has 0 bridgehead atoms. The Bertz CT molecular complexity index is 524. The van der Waals surface area contributed by atoms with Gasteiger partial charge in [0.05, 0.1) is 0 Å². The van der Waals surface area contributed by atoms with Gasteiger partial charge in [-0.15, -0.1) is 0 Å². The molecule has 0 aromatic heterocycles. The van der Waals surface area contributed by atoms with Crippen molar-refractivity contribution in [3.63, 3.8) is 0 Å². The summed E-state index contributed by atoms with van der Waals surface area (Å²) in [6, 6.07) is 21.4. The van der Waals surface area contributed by atoms with E-state index in [4.69, 9.17) is 11.5 Å². The second kappa shape index (κ2) is 8.72. The molecule has 118 valence electrons. The molecule has 4 N–H and O–H groups in total. The number of benzene rings is 2. The van der Waals surface area contributed by atoms with E-state index in [1.165, 1.54) is 11.1 Å². The van der Waals surface area contributed by atoms with Crippen LogP contribution in [0.4, 0.5) is 0 Å². The van der Waals surface area contributed by atoms with Gasteiger partial charge in [-0.25, -0.2) is 0 Å². The van der Waals surface area contributed by atoms with Crippen molar-refractivity contribution in [1.82, 2.24) is 0 Å². The zero-order valence-electron chi connectivity index (χ0n) is 13.5. The Morgan fingerprint density at radius 3 is 1.77 bits per heavy atom. The van der Waals surface area contributed by atoms with Crippen LogP contribution in [0, 0.1) is 5.92 Å². The summed E-state index contributed by atoms with van der Waals surface area (Å²) >= 11 is 0. The molecule has 0 heterocycles. The molecule has 2 heteroatoms. The highest BCUT2D eigenvalue weighted by Gasteiger charge is 2.15. The van der Waals surface area contributed by atoms with Crippen LogP contribution in [0.15, 0.2) is 60.7 Å². The van der Waals surface area contributed by atoms with E-state index in [-0.39, 0.29) is 12.1 Å². The zero-order valence-corrected chi connectivity index (χ0v) is 13.5. The van der Waals surface area contributed by atoms with E-state index in [0.29, 0.717) is 5.92 Å². The molecule has 2 aromatic carbocycles. The van der Waals surface area contributed by atoms with Crippen molar-refractivity contribution in [1.29, 1.82) is 0 Å². The molecule has 3 atom stereocenters. The molecular formula is C20H28N2. The van der Waals surface area contributed by atoms with Gasteiger partial charge in [0.1, 0.15) is 0 Å². The third-order valence-electron chi connectivity index (χ3n) is 4.38. The highest BCUT2D eigenvalue weighted by Crippen LogP contribution is 2.16. The van der Waals surface area contributed by atoms with Gasteiger partial charge in [-0.1, -0.05) is 67.6 Å². The molecule has 2 nitrogen and oxygen atoms in total. The van der Waals surface area contributed by atoms with E-state index >= 15 is 0 Å². The predicted octanol–water partition coefficient (Wildman–Crippen LogP) is 3.54. The summed E-state index contributed by atoms with van der Waals surface area (Å²) in [7, 11) is 0. The lowest BCUT2D eigenvalue weighted by molar-refractivity contribution is 0.393. The number of hydrogen-bond acceptors (Lipinski definition) is 2. The minimum atomic E-state index is 0.200. The first-order chi connectivity index (χ1) is 10.6. The van der Waals surface area contributed by atoms with Crippen molar-refractivity contribution in [3.8, 4) is 0 Å². The first-order valence-electron chi connectivity index (χ1n) is 8.24. The molecule has 0 radical (unpaired) electrons. The fraction of sp³-hybridized carbons (Fsp3) is 0.400. The van der Waals surface area contributed by atoms with Crippen LogP contribution in [-0.2, 0) is 12.8 Å². The Hall–Kier alpha value is -1.64. The van der Waals surface area contributed by atoms with Crippen molar-refractivity contribution < 1.29 is 0 Å². The van der Waals surface area contributed by atoms with Crippen molar-refractivity contribution >= 4 is 0 Å². The molecule has 0 fully saturated rings. The summed E-state index contributed by atoms with van der Waals surface area (Å²) < 4.78 is 0. The average molecular weight is 296 g/mol. The average Bonchev–Trinajstić information content (AvgIpc) is 2.54. The standard InChI is InChI=1S/C20H28N2/c1-16(20(22)15-18-10-6-3-7-11-18)12-13-19(21)14-17-8-4-2-5-9-17/h2-11,16,19-20H,12-15,21-22H2,1H3. The maximum absolute atomic E-state index is 6.35. The highest BCUT2D eigenvalue weighted by molar-refractivity contribution is 5.16. The zero-order chi connectivity index (χ0) is 15.8. The molecule has 2 aromatic rings. The van der Waals surface area contributed by atoms with Gasteiger partial charge in [0.2, 0.25) is 0 Å². The lowest BCUT2D eigenvalue weighted by Crippen LogP contribution is -2.32. The molecule has 0 saturated carbocycles.